The van der Waals surface area contributed by atoms with Gasteiger partial charge < -0.3 is 4.90 Å². The van der Waals surface area contributed by atoms with Gasteiger partial charge in [0.1, 0.15) is 0 Å². The van der Waals surface area contributed by atoms with Crippen LogP contribution in [-0.2, 0) is 0 Å². The molecule has 0 amide bonds. The molecule has 0 aromatic rings. The molecular formula is C14H26N2S. The van der Waals surface area contributed by atoms with E-state index in [0.717, 1.165) is 11.8 Å². The molecule has 1 atom stereocenters. The molecule has 2 nitrogen and oxygen atoms in total. The highest BCUT2D eigenvalue weighted by Crippen LogP contribution is 2.21. The molecule has 1 unspecified atom stereocenters. The molecule has 2 fully saturated rings. The van der Waals surface area contributed by atoms with Crippen LogP contribution in [0.15, 0.2) is 12.7 Å². The molecule has 0 aromatic carbocycles. The Balaban J connectivity index is 1.73. The van der Waals surface area contributed by atoms with Crippen LogP contribution in [-0.4, -0.2) is 60.1 Å². The summed E-state index contributed by atoms with van der Waals surface area (Å²) in [6.45, 7) is 10.3. The first-order valence-corrected chi connectivity index (χ1v) is 8.20. The lowest BCUT2D eigenvalue weighted by Gasteiger charge is -2.35. The first kappa shape index (κ1) is 13.4. The molecule has 0 bridgehead atoms. The fourth-order valence-corrected chi connectivity index (χ4v) is 3.73. The molecule has 0 spiro atoms. The number of fused-ring (bicyclic) bond motifs is 1. The number of rotatable bonds is 5. The predicted octanol–water partition coefficient (Wildman–Crippen LogP) is 2.47. The van der Waals surface area contributed by atoms with Gasteiger partial charge in [-0.25, -0.2) is 0 Å². The number of thioether (sulfide) groups is 1. The summed E-state index contributed by atoms with van der Waals surface area (Å²) in [5.41, 5.74) is 0. The van der Waals surface area contributed by atoms with E-state index in [-0.39, 0.29) is 0 Å². The SMILES string of the molecule is C=CCSCCN1CCCN2CCCCC2C1. The van der Waals surface area contributed by atoms with E-state index in [1.807, 2.05) is 17.8 Å². The van der Waals surface area contributed by atoms with Crippen molar-refractivity contribution in [1.82, 2.24) is 9.80 Å². The van der Waals surface area contributed by atoms with Crippen LogP contribution in [0.25, 0.3) is 0 Å². The van der Waals surface area contributed by atoms with Crippen molar-refractivity contribution in [3.8, 4) is 0 Å². The summed E-state index contributed by atoms with van der Waals surface area (Å²) in [7, 11) is 0. The lowest BCUT2D eigenvalue weighted by molar-refractivity contribution is 0.139. The van der Waals surface area contributed by atoms with Crippen LogP contribution in [0, 0.1) is 0 Å². The summed E-state index contributed by atoms with van der Waals surface area (Å²) in [6, 6.07) is 0.857. The van der Waals surface area contributed by atoms with E-state index in [1.165, 1.54) is 64.2 Å². The summed E-state index contributed by atoms with van der Waals surface area (Å²) < 4.78 is 0. The van der Waals surface area contributed by atoms with Crippen LogP contribution in [0.1, 0.15) is 25.7 Å². The van der Waals surface area contributed by atoms with Crippen molar-refractivity contribution in [3.05, 3.63) is 12.7 Å². The van der Waals surface area contributed by atoms with Crippen molar-refractivity contribution in [2.24, 2.45) is 0 Å². The molecule has 0 N–H and O–H groups in total. The molecule has 0 aromatic heterocycles. The Kier molecular flexibility index (Phi) is 5.89. The number of hydrogen-bond donors (Lipinski definition) is 0. The Labute approximate surface area is 110 Å². The maximum atomic E-state index is 3.77. The zero-order valence-corrected chi connectivity index (χ0v) is 11.8. The molecule has 17 heavy (non-hydrogen) atoms. The highest BCUT2D eigenvalue weighted by atomic mass is 32.2. The Bertz CT molecular complexity index is 232. The summed E-state index contributed by atoms with van der Waals surface area (Å²) in [5, 5.41) is 0. The van der Waals surface area contributed by atoms with Gasteiger partial charge in [-0.05, 0) is 38.9 Å². The van der Waals surface area contributed by atoms with E-state index in [9.17, 15) is 0 Å². The molecule has 2 aliphatic rings. The molecular weight excluding hydrogens is 228 g/mol. The Morgan fingerprint density at radius 3 is 2.94 bits per heavy atom. The van der Waals surface area contributed by atoms with E-state index in [4.69, 9.17) is 0 Å². The van der Waals surface area contributed by atoms with Crippen molar-refractivity contribution < 1.29 is 0 Å². The first-order chi connectivity index (χ1) is 8.40. The monoisotopic (exact) mass is 254 g/mol. The molecule has 98 valence electrons. The average Bonchev–Trinajstić information content (AvgIpc) is 2.56. The second-order valence-corrected chi connectivity index (χ2v) is 6.35. The van der Waals surface area contributed by atoms with E-state index in [0.29, 0.717) is 0 Å². The van der Waals surface area contributed by atoms with Crippen molar-refractivity contribution in [2.45, 2.75) is 31.7 Å². The number of hydrogen-bond acceptors (Lipinski definition) is 3. The topological polar surface area (TPSA) is 6.48 Å². The highest BCUT2D eigenvalue weighted by molar-refractivity contribution is 7.99. The van der Waals surface area contributed by atoms with Crippen LogP contribution in [0.3, 0.4) is 0 Å². The predicted molar refractivity (Wildman–Crippen MR) is 77.8 cm³/mol. The Morgan fingerprint density at radius 1 is 1.18 bits per heavy atom. The third-order valence-electron chi connectivity index (χ3n) is 3.93. The van der Waals surface area contributed by atoms with Gasteiger partial charge in [0.2, 0.25) is 0 Å². The van der Waals surface area contributed by atoms with Crippen LogP contribution in [0.5, 0.6) is 0 Å². The van der Waals surface area contributed by atoms with Gasteiger partial charge in [-0.15, -0.1) is 6.58 Å². The number of nitrogens with zero attached hydrogens (tertiary/aromatic N) is 2. The van der Waals surface area contributed by atoms with Gasteiger partial charge in [-0.3, -0.25) is 4.90 Å². The zero-order valence-electron chi connectivity index (χ0n) is 10.9. The largest absolute Gasteiger partial charge is 0.301 e. The summed E-state index contributed by atoms with van der Waals surface area (Å²) in [5.74, 6) is 2.36. The van der Waals surface area contributed by atoms with Crippen LogP contribution in [0.2, 0.25) is 0 Å². The van der Waals surface area contributed by atoms with Gasteiger partial charge in [-0.2, -0.15) is 11.8 Å². The maximum absolute atomic E-state index is 3.77. The van der Waals surface area contributed by atoms with Gasteiger partial charge in [0.15, 0.2) is 0 Å². The van der Waals surface area contributed by atoms with Gasteiger partial charge in [-0.1, -0.05) is 12.5 Å². The molecule has 2 aliphatic heterocycles. The van der Waals surface area contributed by atoms with Gasteiger partial charge in [0.05, 0.1) is 0 Å². The molecule has 2 rings (SSSR count). The lowest BCUT2D eigenvalue weighted by Crippen LogP contribution is -2.44. The Morgan fingerprint density at radius 2 is 2.06 bits per heavy atom. The van der Waals surface area contributed by atoms with Crippen LogP contribution in [0.4, 0.5) is 0 Å². The quantitative estimate of drug-likeness (QED) is 0.550. The van der Waals surface area contributed by atoms with E-state index < -0.39 is 0 Å². The molecule has 3 heteroatoms. The van der Waals surface area contributed by atoms with Crippen LogP contribution < -0.4 is 0 Å². The van der Waals surface area contributed by atoms with Crippen molar-refractivity contribution in [1.29, 1.82) is 0 Å². The second kappa shape index (κ2) is 7.45. The molecule has 0 aliphatic carbocycles. The third kappa shape index (κ3) is 4.31. The first-order valence-electron chi connectivity index (χ1n) is 7.05. The second-order valence-electron chi connectivity index (χ2n) is 5.20. The van der Waals surface area contributed by atoms with Crippen molar-refractivity contribution >= 4 is 11.8 Å². The van der Waals surface area contributed by atoms with E-state index >= 15 is 0 Å². The Hall–Kier alpha value is 0.01000. The summed E-state index contributed by atoms with van der Waals surface area (Å²) >= 11 is 2.01. The lowest BCUT2D eigenvalue weighted by atomic mass is 10.0. The summed E-state index contributed by atoms with van der Waals surface area (Å²) in [4.78, 5) is 5.42. The smallest absolute Gasteiger partial charge is 0.0223 e. The standard InChI is InChI=1S/C14H26N2S/c1-2-11-17-12-10-15-7-5-9-16-8-4-3-6-14(16)13-15/h2,14H,1,3-13H2. The minimum atomic E-state index is 0.857. The van der Waals surface area contributed by atoms with Gasteiger partial charge in [0.25, 0.3) is 0 Å². The highest BCUT2D eigenvalue weighted by Gasteiger charge is 2.26. The van der Waals surface area contributed by atoms with Crippen molar-refractivity contribution in [2.75, 3.05) is 44.2 Å². The van der Waals surface area contributed by atoms with Crippen molar-refractivity contribution in [3.63, 3.8) is 0 Å². The van der Waals surface area contributed by atoms with Crippen LogP contribution >= 0.6 is 11.8 Å². The molecule has 2 saturated heterocycles. The molecule has 2 heterocycles. The van der Waals surface area contributed by atoms with Gasteiger partial charge in [0, 0.05) is 30.6 Å². The number of piperidine rings is 1. The third-order valence-corrected chi connectivity index (χ3v) is 4.87. The van der Waals surface area contributed by atoms with E-state index in [2.05, 4.69) is 16.4 Å². The minimum Gasteiger partial charge on any atom is -0.301 e. The van der Waals surface area contributed by atoms with Gasteiger partial charge >= 0.3 is 0 Å². The normalized spacial score (nSPS) is 27.4. The molecule has 0 saturated carbocycles. The zero-order chi connectivity index (χ0) is 11.9. The fourth-order valence-electron chi connectivity index (χ4n) is 3.01. The summed E-state index contributed by atoms with van der Waals surface area (Å²) in [6.07, 6.45) is 7.67. The maximum Gasteiger partial charge on any atom is 0.0223 e. The fraction of sp³-hybridized carbons (Fsp3) is 0.857. The minimum absolute atomic E-state index is 0.857. The van der Waals surface area contributed by atoms with E-state index in [1.54, 1.807) is 0 Å². The average molecular weight is 254 g/mol. The molecule has 0 radical (unpaired) electrons.